The van der Waals surface area contributed by atoms with Crippen LogP contribution in [0.15, 0.2) is 41.5 Å². The molecule has 3 heterocycles. The molecule has 1 aromatic carbocycles. The molecule has 4 aromatic rings. The number of ether oxygens (including phenoxy) is 1. The second-order valence-electron chi connectivity index (χ2n) is 5.26. The first kappa shape index (κ1) is 15.4. The van der Waals surface area contributed by atoms with Gasteiger partial charge < -0.3 is 14.3 Å². The molecule has 0 amide bonds. The Bertz CT molecular complexity index is 1160. The van der Waals surface area contributed by atoms with Crippen molar-refractivity contribution in [3.63, 3.8) is 0 Å². The van der Waals surface area contributed by atoms with Gasteiger partial charge in [0.05, 0.1) is 28.4 Å². The van der Waals surface area contributed by atoms with Crippen molar-refractivity contribution in [2.75, 3.05) is 6.61 Å². The summed E-state index contributed by atoms with van der Waals surface area (Å²) in [6.07, 6.45) is 3.70. The van der Waals surface area contributed by atoms with Gasteiger partial charge in [0.2, 0.25) is 5.65 Å². The fraction of sp³-hybridized carbons (Fsp3) is 0.125. The van der Waals surface area contributed by atoms with E-state index < -0.39 is 11.5 Å². The lowest BCUT2D eigenvalue weighted by molar-refractivity contribution is 0.0512. The number of fused-ring (bicyclic) bond motifs is 3. The first-order valence-corrected chi connectivity index (χ1v) is 7.89. The van der Waals surface area contributed by atoms with Crippen LogP contribution in [0.4, 0.5) is 0 Å². The molecule has 9 heteroatoms. The van der Waals surface area contributed by atoms with Crippen molar-refractivity contribution < 1.29 is 9.53 Å². The zero-order chi connectivity index (χ0) is 17.6. The Morgan fingerprint density at radius 2 is 2.08 bits per heavy atom. The fourth-order valence-electron chi connectivity index (χ4n) is 2.61. The minimum absolute atomic E-state index is 0.0105. The van der Waals surface area contributed by atoms with Crippen molar-refractivity contribution in [1.82, 2.24) is 24.1 Å². The third kappa shape index (κ3) is 2.47. The van der Waals surface area contributed by atoms with Crippen molar-refractivity contribution >= 4 is 34.3 Å². The summed E-state index contributed by atoms with van der Waals surface area (Å²) >= 11 is 6.33. The van der Waals surface area contributed by atoms with E-state index in [4.69, 9.17) is 16.3 Å². The van der Waals surface area contributed by atoms with Crippen LogP contribution in [-0.2, 0) is 4.74 Å². The first-order chi connectivity index (χ1) is 12.1. The van der Waals surface area contributed by atoms with Gasteiger partial charge in [-0.25, -0.2) is 9.31 Å². The molecule has 0 aliphatic carbocycles. The average molecular weight is 358 g/mol. The molecule has 3 aromatic heterocycles. The predicted octanol–water partition coefficient (Wildman–Crippen LogP) is 2.19. The lowest BCUT2D eigenvalue weighted by Crippen LogP contribution is -2.11. The second-order valence-corrected chi connectivity index (χ2v) is 5.66. The lowest BCUT2D eigenvalue weighted by Gasteiger charge is -2.08. The van der Waals surface area contributed by atoms with Gasteiger partial charge >= 0.3 is 5.97 Å². The van der Waals surface area contributed by atoms with Gasteiger partial charge in [0, 0.05) is 12.4 Å². The summed E-state index contributed by atoms with van der Waals surface area (Å²) in [5, 5.41) is 4.59. The van der Waals surface area contributed by atoms with Crippen LogP contribution >= 0.6 is 11.6 Å². The molecule has 126 valence electrons. The van der Waals surface area contributed by atoms with E-state index in [0.717, 1.165) is 0 Å². The van der Waals surface area contributed by atoms with Crippen LogP contribution in [0, 0.1) is 0 Å². The summed E-state index contributed by atoms with van der Waals surface area (Å²) in [5.41, 5.74) is 1.29. The normalized spacial score (nSPS) is 11.3. The molecule has 0 atom stereocenters. The monoisotopic (exact) mass is 357 g/mol. The summed E-state index contributed by atoms with van der Waals surface area (Å²) in [4.78, 5) is 30.8. The molecule has 0 fully saturated rings. The molecule has 0 saturated carbocycles. The molecular weight excluding hydrogens is 346 g/mol. The number of esters is 1. The predicted molar refractivity (Wildman–Crippen MR) is 91.4 cm³/mol. The number of benzene rings is 1. The van der Waals surface area contributed by atoms with E-state index in [1.54, 1.807) is 19.1 Å². The molecule has 25 heavy (non-hydrogen) atoms. The standard InChI is InChI=1S/C16H12ClN5O3/c1-2-25-16(24)13-19-14-15(23)18-10-7-9(17)11(21-5-3-4-6-21)8-12(10)22(14)20-13/h3-8H,2H2,1H3,(H,18,23). The number of rotatable bonds is 3. The van der Waals surface area contributed by atoms with Crippen molar-refractivity contribution in [1.29, 1.82) is 0 Å². The average Bonchev–Trinajstić information content (AvgIpc) is 3.25. The molecule has 0 saturated heterocycles. The smallest absolute Gasteiger partial charge is 0.378 e. The van der Waals surface area contributed by atoms with Crippen LogP contribution in [0.3, 0.4) is 0 Å². The molecule has 0 aliphatic rings. The number of carbonyl (C=O) groups is 1. The van der Waals surface area contributed by atoms with Crippen molar-refractivity contribution in [2.24, 2.45) is 0 Å². The largest absolute Gasteiger partial charge is 0.460 e. The molecule has 0 radical (unpaired) electrons. The molecule has 1 N–H and O–H groups in total. The number of halogens is 1. The second kappa shape index (κ2) is 5.75. The highest BCUT2D eigenvalue weighted by molar-refractivity contribution is 6.33. The van der Waals surface area contributed by atoms with Gasteiger partial charge in [-0.3, -0.25) is 4.79 Å². The minimum Gasteiger partial charge on any atom is -0.460 e. The Morgan fingerprint density at radius 3 is 2.80 bits per heavy atom. The number of aromatic amines is 1. The maximum Gasteiger partial charge on any atom is 0.378 e. The van der Waals surface area contributed by atoms with Crippen molar-refractivity contribution in [3.8, 4) is 5.69 Å². The van der Waals surface area contributed by atoms with E-state index in [-0.39, 0.29) is 18.1 Å². The van der Waals surface area contributed by atoms with Gasteiger partial charge in [-0.05, 0) is 31.2 Å². The maximum absolute atomic E-state index is 12.2. The Kier molecular flexibility index (Phi) is 3.54. The number of nitrogens with zero attached hydrogens (tertiary/aromatic N) is 4. The van der Waals surface area contributed by atoms with Crippen LogP contribution in [0.25, 0.3) is 22.4 Å². The quantitative estimate of drug-likeness (QED) is 0.567. The Hall–Kier alpha value is -3.13. The highest BCUT2D eigenvalue weighted by Crippen LogP contribution is 2.25. The summed E-state index contributed by atoms with van der Waals surface area (Å²) < 4.78 is 8.05. The van der Waals surface area contributed by atoms with Gasteiger partial charge in [0.15, 0.2) is 0 Å². The molecule has 0 unspecified atom stereocenters. The number of H-pyrrole nitrogens is 1. The molecule has 0 bridgehead atoms. The van der Waals surface area contributed by atoms with Gasteiger partial charge in [-0.15, -0.1) is 5.10 Å². The molecule has 8 nitrogen and oxygen atoms in total. The highest BCUT2D eigenvalue weighted by Gasteiger charge is 2.18. The first-order valence-electron chi connectivity index (χ1n) is 7.51. The third-order valence-corrected chi connectivity index (χ3v) is 4.00. The number of aromatic nitrogens is 5. The van der Waals surface area contributed by atoms with E-state index >= 15 is 0 Å². The zero-order valence-corrected chi connectivity index (χ0v) is 13.8. The zero-order valence-electron chi connectivity index (χ0n) is 13.1. The van der Waals surface area contributed by atoms with Crippen LogP contribution in [0.1, 0.15) is 17.5 Å². The van der Waals surface area contributed by atoms with Crippen LogP contribution in [0.2, 0.25) is 5.02 Å². The van der Waals surface area contributed by atoms with Crippen LogP contribution in [-0.4, -0.2) is 36.7 Å². The Balaban J connectivity index is 2.02. The van der Waals surface area contributed by atoms with Crippen molar-refractivity contribution in [2.45, 2.75) is 6.92 Å². The van der Waals surface area contributed by atoms with Crippen molar-refractivity contribution in [3.05, 3.63) is 57.9 Å². The highest BCUT2D eigenvalue weighted by atomic mass is 35.5. The SMILES string of the molecule is CCOC(=O)c1nc2c(=O)[nH]c3cc(Cl)c(-n4cccc4)cc3n2n1. The molecule has 4 rings (SSSR count). The molecule has 0 spiro atoms. The van der Waals surface area contributed by atoms with E-state index in [1.165, 1.54) is 4.52 Å². The van der Waals surface area contributed by atoms with E-state index in [2.05, 4.69) is 15.1 Å². The van der Waals surface area contributed by atoms with Crippen LogP contribution in [0.5, 0.6) is 0 Å². The van der Waals surface area contributed by atoms with E-state index in [1.807, 2.05) is 29.1 Å². The maximum atomic E-state index is 12.2. The minimum atomic E-state index is -0.682. The number of carbonyl (C=O) groups excluding carboxylic acids is 1. The van der Waals surface area contributed by atoms with Gasteiger partial charge in [0.1, 0.15) is 0 Å². The van der Waals surface area contributed by atoms with Gasteiger partial charge in [0.25, 0.3) is 11.4 Å². The van der Waals surface area contributed by atoms with E-state index in [0.29, 0.717) is 21.7 Å². The van der Waals surface area contributed by atoms with Gasteiger partial charge in [-0.2, -0.15) is 4.98 Å². The number of hydrogen-bond acceptors (Lipinski definition) is 5. The molecule has 0 aliphatic heterocycles. The third-order valence-electron chi connectivity index (χ3n) is 3.69. The van der Waals surface area contributed by atoms with E-state index in [9.17, 15) is 9.59 Å². The Labute approximate surface area is 145 Å². The number of hydrogen-bond donors (Lipinski definition) is 1. The summed E-state index contributed by atoms with van der Waals surface area (Å²) in [5.74, 6) is -0.851. The summed E-state index contributed by atoms with van der Waals surface area (Å²) in [6, 6.07) is 7.15. The topological polar surface area (TPSA) is 94.3 Å². The molecular formula is C16H12ClN5O3. The fourth-order valence-corrected chi connectivity index (χ4v) is 2.87. The summed E-state index contributed by atoms with van der Waals surface area (Å²) in [7, 11) is 0. The lowest BCUT2D eigenvalue weighted by atomic mass is 10.2. The van der Waals surface area contributed by atoms with Crippen LogP contribution < -0.4 is 5.56 Å². The van der Waals surface area contributed by atoms with Gasteiger partial charge in [-0.1, -0.05) is 11.6 Å². The summed E-state index contributed by atoms with van der Waals surface area (Å²) in [6.45, 7) is 1.88. The number of nitrogens with one attached hydrogen (secondary N) is 1. The Morgan fingerprint density at radius 1 is 1.32 bits per heavy atom.